The predicted molar refractivity (Wildman–Crippen MR) is 136 cm³/mol. The van der Waals surface area contributed by atoms with Gasteiger partial charge in [0, 0.05) is 26.1 Å². The van der Waals surface area contributed by atoms with Crippen molar-refractivity contribution in [2.45, 2.75) is 97.9 Å². The molecule has 11 nitrogen and oxygen atoms in total. The Morgan fingerprint density at radius 1 is 0.838 bits per heavy atom. The van der Waals surface area contributed by atoms with Crippen molar-refractivity contribution in [3.8, 4) is 0 Å². The maximum absolute atomic E-state index is 13.0. The summed E-state index contributed by atoms with van der Waals surface area (Å²) >= 11 is 0. The zero-order valence-electron chi connectivity index (χ0n) is 23.8. The molecule has 0 unspecified atom stereocenters. The van der Waals surface area contributed by atoms with E-state index in [-0.39, 0.29) is 51.2 Å². The average molecular weight is 531 g/mol. The molecule has 0 spiro atoms. The highest BCUT2D eigenvalue weighted by Crippen LogP contribution is 2.27. The van der Waals surface area contributed by atoms with Crippen molar-refractivity contribution < 1.29 is 42.9 Å². The zero-order chi connectivity index (χ0) is 28.3. The fourth-order valence-electron chi connectivity index (χ4n) is 3.68. The van der Waals surface area contributed by atoms with E-state index in [1.807, 2.05) is 20.8 Å². The molecule has 1 saturated heterocycles. The monoisotopic (exact) mass is 530 g/mol. The van der Waals surface area contributed by atoms with Crippen molar-refractivity contribution >= 4 is 24.1 Å². The van der Waals surface area contributed by atoms with Gasteiger partial charge in [-0.2, -0.15) is 0 Å². The second-order valence-corrected chi connectivity index (χ2v) is 11.0. The lowest BCUT2D eigenvalue weighted by Gasteiger charge is -2.35. The average Bonchev–Trinajstić information content (AvgIpc) is 2.77. The second-order valence-electron chi connectivity index (χ2n) is 11.0. The third-order valence-electron chi connectivity index (χ3n) is 5.42. The number of esters is 2. The quantitative estimate of drug-likeness (QED) is 0.183. The van der Waals surface area contributed by atoms with E-state index in [0.717, 1.165) is 0 Å². The fourth-order valence-corrected chi connectivity index (χ4v) is 3.68. The van der Waals surface area contributed by atoms with Gasteiger partial charge in [0.05, 0.1) is 19.8 Å². The highest BCUT2D eigenvalue weighted by molar-refractivity contribution is 6.03. The molecule has 37 heavy (non-hydrogen) atoms. The first-order valence-electron chi connectivity index (χ1n) is 13.1. The van der Waals surface area contributed by atoms with Gasteiger partial charge in [0.1, 0.15) is 11.2 Å². The third-order valence-corrected chi connectivity index (χ3v) is 5.42. The Balaban J connectivity index is 2.85. The van der Waals surface area contributed by atoms with Crippen molar-refractivity contribution in [2.75, 3.05) is 39.5 Å². The van der Waals surface area contributed by atoms with Gasteiger partial charge in [-0.25, -0.2) is 19.2 Å². The first kappa shape index (κ1) is 32.5. The Hall–Kier alpha value is -2.56. The van der Waals surface area contributed by atoms with E-state index in [4.69, 9.17) is 23.7 Å². The maximum Gasteiger partial charge on any atom is 0.410 e. The van der Waals surface area contributed by atoms with Crippen LogP contribution in [0.25, 0.3) is 0 Å². The Morgan fingerprint density at radius 2 is 1.35 bits per heavy atom. The fraction of sp³-hybridized carbons (Fsp3) is 0.846. The predicted octanol–water partition coefficient (Wildman–Crippen LogP) is 3.82. The van der Waals surface area contributed by atoms with Gasteiger partial charge in [-0.3, -0.25) is 0 Å². The number of alkyl carbamates (subject to hydrolysis) is 1. The lowest BCUT2D eigenvalue weighted by atomic mass is 9.94. The topological polar surface area (TPSA) is 130 Å². The summed E-state index contributed by atoms with van der Waals surface area (Å²) in [6.45, 7) is 15.4. The highest BCUT2D eigenvalue weighted by atomic mass is 16.6. The standard InChI is InChI=1S/C26H46N2O9/c1-9-33-20(29)26(21(30)34-10-2,14-11-15-27-22(31)36-24(3,4)5)35-18-19-12-16-28(17-13-19)23(32)37-25(6,7)8/h19H,9-18H2,1-8H3,(H,27,31). The molecule has 0 atom stereocenters. The summed E-state index contributed by atoms with van der Waals surface area (Å²) < 4.78 is 27.1. The Bertz CT molecular complexity index is 745. The van der Waals surface area contributed by atoms with Crippen molar-refractivity contribution in [1.29, 1.82) is 0 Å². The van der Waals surface area contributed by atoms with Crippen LogP contribution in [0.4, 0.5) is 9.59 Å². The molecule has 1 aliphatic heterocycles. The number of carbonyl (C=O) groups is 4. The number of likely N-dealkylation sites (tertiary alicyclic amines) is 1. The largest absolute Gasteiger partial charge is 0.463 e. The summed E-state index contributed by atoms with van der Waals surface area (Å²) in [6, 6.07) is 0. The minimum absolute atomic E-state index is 0.0156. The summed E-state index contributed by atoms with van der Waals surface area (Å²) in [4.78, 5) is 52.0. The molecule has 2 amide bonds. The van der Waals surface area contributed by atoms with Crippen LogP contribution in [0.2, 0.25) is 0 Å². The summed E-state index contributed by atoms with van der Waals surface area (Å²) in [7, 11) is 0. The molecule has 0 aliphatic carbocycles. The third kappa shape index (κ3) is 11.6. The molecule has 0 aromatic carbocycles. The van der Waals surface area contributed by atoms with Gasteiger partial charge < -0.3 is 33.9 Å². The zero-order valence-corrected chi connectivity index (χ0v) is 23.8. The van der Waals surface area contributed by atoms with Gasteiger partial charge in [0.2, 0.25) is 0 Å². The minimum Gasteiger partial charge on any atom is -0.463 e. The number of rotatable bonds is 11. The Morgan fingerprint density at radius 3 is 1.81 bits per heavy atom. The summed E-state index contributed by atoms with van der Waals surface area (Å²) in [5, 5.41) is 2.62. The van der Waals surface area contributed by atoms with E-state index in [9.17, 15) is 19.2 Å². The van der Waals surface area contributed by atoms with E-state index >= 15 is 0 Å². The SMILES string of the molecule is CCOC(=O)C(CCCNC(=O)OC(C)(C)C)(OCC1CCN(C(=O)OC(C)(C)C)CC1)C(=O)OCC. The van der Waals surface area contributed by atoms with Gasteiger partial charge in [-0.1, -0.05) is 0 Å². The smallest absolute Gasteiger partial charge is 0.410 e. The number of nitrogens with one attached hydrogen (secondary N) is 1. The molecule has 1 aliphatic rings. The number of ether oxygens (including phenoxy) is 5. The van der Waals surface area contributed by atoms with E-state index in [1.54, 1.807) is 39.5 Å². The van der Waals surface area contributed by atoms with E-state index in [0.29, 0.717) is 25.9 Å². The van der Waals surface area contributed by atoms with Crippen LogP contribution in [0.5, 0.6) is 0 Å². The molecule has 0 aromatic rings. The van der Waals surface area contributed by atoms with Gasteiger partial charge >= 0.3 is 24.1 Å². The molecule has 1 fully saturated rings. The Kier molecular flexibility index (Phi) is 12.6. The van der Waals surface area contributed by atoms with Gasteiger partial charge in [0.15, 0.2) is 0 Å². The maximum atomic E-state index is 13.0. The van der Waals surface area contributed by atoms with Crippen molar-refractivity contribution in [1.82, 2.24) is 10.2 Å². The molecular formula is C26H46N2O9. The molecule has 0 radical (unpaired) electrons. The number of carbonyl (C=O) groups excluding carboxylic acids is 4. The molecule has 1 N–H and O–H groups in total. The van der Waals surface area contributed by atoms with Crippen LogP contribution in [0, 0.1) is 5.92 Å². The van der Waals surface area contributed by atoms with Gasteiger partial charge in [-0.15, -0.1) is 0 Å². The van der Waals surface area contributed by atoms with Crippen LogP contribution < -0.4 is 5.32 Å². The molecule has 0 aromatic heterocycles. The van der Waals surface area contributed by atoms with Crippen LogP contribution >= 0.6 is 0 Å². The summed E-state index contributed by atoms with van der Waals surface area (Å²) in [5.74, 6) is -1.63. The van der Waals surface area contributed by atoms with Gasteiger partial charge in [0.25, 0.3) is 5.60 Å². The first-order valence-corrected chi connectivity index (χ1v) is 13.1. The number of nitrogens with zero attached hydrogens (tertiary/aromatic N) is 1. The molecule has 0 bridgehead atoms. The van der Waals surface area contributed by atoms with Gasteiger partial charge in [-0.05, 0) is 80.6 Å². The van der Waals surface area contributed by atoms with Crippen LogP contribution in [0.1, 0.15) is 81.1 Å². The van der Waals surface area contributed by atoms with Crippen LogP contribution in [0.15, 0.2) is 0 Å². The van der Waals surface area contributed by atoms with E-state index < -0.39 is 34.8 Å². The van der Waals surface area contributed by atoms with E-state index in [2.05, 4.69) is 5.32 Å². The number of piperidine rings is 1. The molecule has 1 rings (SSSR count). The summed E-state index contributed by atoms with van der Waals surface area (Å²) in [6.07, 6.45) is 0.493. The van der Waals surface area contributed by atoms with E-state index in [1.165, 1.54) is 0 Å². The van der Waals surface area contributed by atoms with Crippen LogP contribution in [0.3, 0.4) is 0 Å². The molecule has 1 heterocycles. The number of hydrogen-bond acceptors (Lipinski definition) is 9. The lowest BCUT2D eigenvalue weighted by molar-refractivity contribution is -0.194. The highest BCUT2D eigenvalue weighted by Gasteiger charge is 2.50. The molecule has 0 saturated carbocycles. The van der Waals surface area contributed by atoms with Crippen LogP contribution in [-0.2, 0) is 33.3 Å². The Labute approximate surface area is 220 Å². The lowest BCUT2D eigenvalue weighted by Crippen LogP contribution is -2.53. The van der Waals surface area contributed by atoms with Crippen molar-refractivity contribution in [3.63, 3.8) is 0 Å². The first-order chi connectivity index (χ1) is 17.1. The summed E-state index contributed by atoms with van der Waals surface area (Å²) in [5.41, 5.74) is -3.18. The van der Waals surface area contributed by atoms with Crippen molar-refractivity contribution in [2.24, 2.45) is 5.92 Å². The minimum atomic E-state index is -1.95. The molecular weight excluding hydrogens is 484 g/mol. The second kappa shape index (κ2) is 14.4. The normalized spacial score (nSPS) is 15.1. The molecule has 214 valence electrons. The van der Waals surface area contributed by atoms with Crippen molar-refractivity contribution in [3.05, 3.63) is 0 Å². The van der Waals surface area contributed by atoms with Crippen LogP contribution in [-0.4, -0.2) is 85.3 Å². The number of amides is 2. The molecule has 11 heteroatoms. The number of hydrogen-bond donors (Lipinski definition) is 1.